The van der Waals surface area contributed by atoms with Crippen LogP contribution in [-0.4, -0.2) is 24.9 Å². The van der Waals surface area contributed by atoms with Gasteiger partial charge in [-0.25, -0.2) is 4.39 Å². The van der Waals surface area contributed by atoms with Crippen LogP contribution in [-0.2, 0) is 19.0 Å². The van der Waals surface area contributed by atoms with E-state index in [9.17, 15) is 17.6 Å². The molecule has 0 fully saturated rings. The van der Waals surface area contributed by atoms with Crippen LogP contribution in [0.4, 0.5) is 17.6 Å². The van der Waals surface area contributed by atoms with E-state index in [1.807, 2.05) is 0 Å². The Morgan fingerprint density at radius 1 is 1.03 bits per heavy atom. The SMILES string of the molecule is Cn1c(SCc2nc(-c3ccc(C(F)(F)F)cc3)no2)nnc1-c1ccccc1F. The van der Waals surface area contributed by atoms with Gasteiger partial charge in [0.2, 0.25) is 11.7 Å². The second-order valence-electron chi connectivity index (χ2n) is 6.22. The summed E-state index contributed by atoms with van der Waals surface area (Å²) in [5, 5.41) is 12.4. The fourth-order valence-corrected chi connectivity index (χ4v) is 3.43. The van der Waals surface area contributed by atoms with Crippen molar-refractivity contribution in [3.05, 3.63) is 65.8 Å². The van der Waals surface area contributed by atoms with Gasteiger partial charge in [-0.15, -0.1) is 10.2 Å². The van der Waals surface area contributed by atoms with Crippen LogP contribution in [0.3, 0.4) is 0 Å². The summed E-state index contributed by atoms with van der Waals surface area (Å²) in [4.78, 5) is 4.20. The van der Waals surface area contributed by atoms with Gasteiger partial charge in [0, 0.05) is 12.6 Å². The van der Waals surface area contributed by atoms with Gasteiger partial charge in [-0.2, -0.15) is 18.2 Å². The van der Waals surface area contributed by atoms with Gasteiger partial charge in [0.05, 0.1) is 16.9 Å². The maximum Gasteiger partial charge on any atom is 0.416 e. The van der Waals surface area contributed by atoms with Gasteiger partial charge in [-0.05, 0) is 24.3 Å². The molecule has 0 spiro atoms. The van der Waals surface area contributed by atoms with Crippen LogP contribution in [0.15, 0.2) is 58.2 Å². The molecule has 0 aliphatic carbocycles. The van der Waals surface area contributed by atoms with E-state index in [0.29, 0.717) is 22.1 Å². The molecule has 2 aromatic heterocycles. The fraction of sp³-hybridized carbons (Fsp3) is 0.158. The highest BCUT2D eigenvalue weighted by Gasteiger charge is 2.30. The van der Waals surface area contributed by atoms with Crippen molar-refractivity contribution in [1.29, 1.82) is 0 Å². The van der Waals surface area contributed by atoms with Crippen LogP contribution in [0.2, 0.25) is 0 Å². The summed E-state index contributed by atoms with van der Waals surface area (Å²) in [5.74, 6) is 0.695. The van der Waals surface area contributed by atoms with Gasteiger partial charge in [0.1, 0.15) is 5.82 Å². The van der Waals surface area contributed by atoms with Crippen LogP contribution in [0.25, 0.3) is 22.8 Å². The summed E-state index contributed by atoms with van der Waals surface area (Å²) in [5.41, 5.74) is -0.0105. The number of hydrogen-bond acceptors (Lipinski definition) is 6. The first kappa shape index (κ1) is 20.1. The lowest BCUT2D eigenvalue weighted by Crippen LogP contribution is -2.04. The molecule has 154 valence electrons. The van der Waals surface area contributed by atoms with Crippen molar-refractivity contribution in [2.75, 3.05) is 0 Å². The minimum Gasteiger partial charge on any atom is -0.338 e. The van der Waals surface area contributed by atoms with Crippen molar-refractivity contribution < 1.29 is 22.1 Å². The highest BCUT2D eigenvalue weighted by atomic mass is 32.2. The molecule has 30 heavy (non-hydrogen) atoms. The van der Waals surface area contributed by atoms with Crippen LogP contribution in [0.5, 0.6) is 0 Å². The second kappa shape index (κ2) is 7.90. The van der Waals surface area contributed by atoms with Gasteiger partial charge >= 0.3 is 6.18 Å². The monoisotopic (exact) mass is 435 g/mol. The molecule has 2 aromatic carbocycles. The number of rotatable bonds is 5. The summed E-state index contributed by atoms with van der Waals surface area (Å²) in [6.45, 7) is 0. The van der Waals surface area contributed by atoms with Crippen molar-refractivity contribution in [2.24, 2.45) is 7.05 Å². The lowest BCUT2D eigenvalue weighted by atomic mass is 10.1. The van der Waals surface area contributed by atoms with Gasteiger partial charge in [0.25, 0.3) is 0 Å². The first-order valence-corrected chi connectivity index (χ1v) is 9.59. The van der Waals surface area contributed by atoms with Crippen molar-refractivity contribution in [1.82, 2.24) is 24.9 Å². The van der Waals surface area contributed by atoms with E-state index in [1.54, 1.807) is 29.8 Å². The number of nitrogens with zero attached hydrogens (tertiary/aromatic N) is 5. The lowest BCUT2D eigenvalue weighted by Gasteiger charge is -2.05. The second-order valence-corrected chi connectivity index (χ2v) is 7.16. The van der Waals surface area contributed by atoms with E-state index in [4.69, 9.17) is 4.52 Å². The van der Waals surface area contributed by atoms with Crippen LogP contribution >= 0.6 is 11.8 Å². The van der Waals surface area contributed by atoms with Crippen molar-refractivity contribution in [2.45, 2.75) is 17.1 Å². The van der Waals surface area contributed by atoms with E-state index < -0.39 is 17.6 Å². The highest BCUT2D eigenvalue weighted by Crippen LogP contribution is 2.31. The third-order valence-electron chi connectivity index (χ3n) is 4.21. The Kier molecular flexibility index (Phi) is 5.29. The van der Waals surface area contributed by atoms with Gasteiger partial charge in [-0.3, -0.25) is 0 Å². The normalized spacial score (nSPS) is 11.8. The molecule has 0 N–H and O–H groups in total. The van der Waals surface area contributed by atoms with Crippen molar-refractivity contribution in [3.8, 4) is 22.8 Å². The molecule has 0 radical (unpaired) electrons. The number of thioether (sulfide) groups is 1. The summed E-state index contributed by atoms with van der Waals surface area (Å²) < 4.78 is 58.8. The smallest absolute Gasteiger partial charge is 0.338 e. The number of hydrogen-bond donors (Lipinski definition) is 0. The highest BCUT2D eigenvalue weighted by molar-refractivity contribution is 7.98. The van der Waals surface area contributed by atoms with E-state index in [2.05, 4.69) is 20.3 Å². The largest absolute Gasteiger partial charge is 0.416 e. The summed E-state index contributed by atoms with van der Waals surface area (Å²) >= 11 is 1.26. The molecule has 0 bridgehead atoms. The Morgan fingerprint density at radius 3 is 2.47 bits per heavy atom. The molecule has 0 atom stereocenters. The molecule has 0 unspecified atom stereocenters. The third kappa shape index (κ3) is 4.06. The Morgan fingerprint density at radius 2 is 1.77 bits per heavy atom. The first-order valence-electron chi connectivity index (χ1n) is 8.60. The van der Waals surface area contributed by atoms with Crippen LogP contribution < -0.4 is 0 Å². The quantitative estimate of drug-likeness (QED) is 0.325. The molecular formula is C19H13F4N5OS. The number of alkyl halides is 3. The van der Waals surface area contributed by atoms with Gasteiger partial charge in [0.15, 0.2) is 11.0 Å². The molecule has 0 amide bonds. The fourth-order valence-electron chi connectivity index (χ4n) is 2.68. The zero-order chi connectivity index (χ0) is 21.3. The molecule has 4 rings (SSSR count). The van der Waals surface area contributed by atoms with E-state index in [-0.39, 0.29) is 17.5 Å². The molecule has 0 aliphatic heterocycles. The molecule has 6 nitrogen and oxygen atoms in total. The Labute approximate surface area is 171 Å². The Hall–Kier alpha value is -3.21. The minimum absolute atomic E-state index is 0.185. The zero-order valence-electron chi connectivity index (χ0n) is 15.4. The van der Waals surface area contributed by atoms with E-state index in [1.165, 1.54) is 30.0 Å². The van der Waals surface area contributed by atoms with Crippen molar-refractivity contribution in [3.63, 3.8) is 0 Å². The molecule has 0 saturated heterocycles. The summed E-state index contributed by atoms with van der Waals surface area (Å²) in [6, 6.07) is 10.8. The molecule has 2 heterocycles. The zero-order valence-corrected chi connectivity index (χ0v) is 16.2. The number of benzene rings is 2. The van der Waals surface area contributed by atoms with Gasteiger partial charge in [-0.1, -0.05) is 41.2 Å². The summed E-state index contributed by atoms with van der Waals surface area (Å²) in [6.07, 6.45) is -4.41. The van der Waals surface area contributed by atoms with E-state index >= 15 is 0 Å². The first-order chi connectivity index (χ1) is 14.3. The van der Waals surface area contributed by atoms with Crippen LogP contribution in [0, 0.1) is 5.82 Å². The number of halogens is 4. The molecule has 4 aromatic rings. The molecule has 0 aliphatic rings. The number of aromatic nitrogens is 5. The average molecular weight is 435 g/mol. The predicted octanol–water partition coefficient (Wildman–Crippen LogP) is 4.98. The Bertz CT molecular complexity index is 1170. The summed E-state index contributed by atoms with van der Waals surface area (Å²) in [7, 11) is 1.71. The Balaban J connectivity index is 1.46. The minimum atomic E-state index is -4.41. The topological polar surface area (TPSA) is 69.6 Å². The van der Waals surface area contributed by atoms with Crippen molar-refractivity contribution >= 4 is 11.8 Å². The third-order valence-corrected chi connectivity index (χ3v) is 5.22. The lowest BCUT2D eigenvalue weighted by molar-refractivity contribution is -0.137. The van der Waals surface area contributed by atoms with E-state index in [0.717, 1.165) is 12.1 Å². The maximum absolute atomic E-state index is 14.0. The molecule has 0 saturated carbocycles. The molecular weight excluding hydrogens is 422 g/mol. The predicted molar refractivity (Wildman–Crippen MR) is 101 cm³/mol. The standard InChI is InChI=1S/C19H13F4N5OS/c1-28-17(13-4-2-3-5-14(13)20)25-26-18(28)30-10-15-24-16(27-29-15)11-6-8-12(9-7-11)19(21,22)23/h2-9H,10H2,1H3. The molecule has 11 heteroatoms. The average Bonchev–Trinajstić information content (AvgIpc) is 3.33. The van der Waals surface area contributed by atoms with Gasteiger partial charge < -0.3 is 9.09 Å². The maximum atomic E-state index is 14.0. The van der Waals surface area contributed by atoms with Crippen LogP contribution in [0.1, 0.15) is 11.5 Å².